The smallest absolute Gasteiger partial charge is 0.0558 e. The van der Waals surface area contributed by atoms with Crippen LogP contribution >= 0.6 is 0 Å². The van der Waals surface area contributed by atoms with Crippen LogP contribution in [0.4, 0.5) is 0 Å². The van der Waals surface area contributed by atoms with Gasteiger partial charge in [0, 0.05) is 19.6 Å². The highest BCUT2D eigenvalue weighted by Gasteiger charge is 2.04. The normalized spacial score (nSPS) is 10.3. The van der Waals surface area contributed by atoms with Crippen molar-refractivity contribution in [2.24, 2.45) is 0 Å². The van der Waals surface area contributed by atoms with E-state index in [1.807, 2.05) is 6.07 Å². The highest BCUT2D eigenvalue weighted by Crippen LogP contribution is 2.25. The van der Waals surface area contributed by atoms with Gasteiger partial charge in [-0.1, -0.05) is 91.0 Å². The molecule has 4 nitrogen and oxygen atoms in total. The van der Waals surface area contributed by atoms with E-state index in [1.54, 1.807) is 4.90 Å². The first-order valence-corrected chi connectivity index (χ1v) is 10.2. The molecule has 0 atom stereocenters. The second-order valence-corrected chi connectivity index (χ2v) is 6.71. The Kier molecular flexibility index (Phi) is 11.2. The Morgan fingerprint density at radius 3 is 1.30 bits per heavy atom. The zero-order valence-electron chi connectivity index (χ0n) is 17.3. The molecule has 0 unspecified atom stereocenters. The van der Waals surface area contributed by atoms with E-state index in [4.69, 9.17) is 15.3 Å². The first-order valence-electron chi connectivity index (χ1n) is 10.2. The van der Waals surface area contributed by atoms with E-state index in [2.05, 4.69) is 91.0 Å². The second-order valence-electron chi connectivity index (χ2n) is 6.71. The maximum atomic E-state index is 8.48. The van der Waals surface area contributed by atoms with E-state index < -0.39 is 0 Å². The molecule has 0 amide bonds. The van der Waals surface area contributed by atoms with Crippen LogP contribution in [0.3, 0.4) is 0 Å². The Morgan fingerprint density at radius 1 is 0.567 bits per heavy atom. The molecule has 30 heavy (non-hydrogen) atoms. The standard InChI is InChI=1S/C20H16.C6H15NO3/c1-4-10-17(11-5-1)16-20(18-12-6-2-7-13-18)19-14-8-3-9-15-19;8-4-1-7(2-5-9)3-6-10/h1-16H;8-10H,1-6H2. The molecular weight excluding hydrogens is 374 g/mol. The van der Waals surface area contributed by atoms with Crippen molar-refractivity contribution in [3.05, 3.63) is 108 Å². The molecule has 158 valence electrons. The number of hydrogen-bond donors (Lipinski definition) is 3. The van der Waals surface area contributed by atoms with E-state index >= 15 is 0 Å². The fraction of sp³-hybridized carbons (Fsp3) is 0.231. The Bertz CT molecular complexity index is 780. The first-order chi connectivity index (χ1) is 14.8. The van der Waals surface area contributed by atoms with Gasteiger partial charge in [-0.3, -0.25) is 4.90 Å². The van der Waals surface area contributed by atoms with E-state index in [9.17, 15) is 0 Å². The van der Waals surface area contributed by atoms with Gasteiger partial charge in [0.2, 0.25) is 0 Å². The summed E-state index contributed by atoms with van der Waals surface area (Å²) in [5.41, 5.74) is 4.94. The molecule has 0 aromatic heterocycles. The van der Waals surface area contributed by atoms with E-state index in [-0.39, 0.29) is 19.8 Å². The molecule has 0 aliphatic heterocycles. The lowest BCUT2D eigenvalue weighted by atomic mass is 9.96. The summed E-state index contributed by atoms with van der Waals surface area (Å²) in [6, 6.07) is 31.5. The molecule has 3 aromatic rings. The molecule has 0 saturated heterocycles. The van der Waals surface area contributed by atoms with E-state index in [0.717, 1.165) is 0 Å². The van der Waals surface area contributed by atoms with Crippen LogP contribution < -0.4 is 0 Å². The van der Waals surface area contributed by atoms with Crippen LogP contribution in [0.25, 0.3) is 11.6 Å². The van der Waals surface area contributed by atoms with Gasteiger partial charge in [-0.25, -0.2) is 0 Å². The molecule has 3 rings (SSSR count). The van der Waals surface area contributed by atoms with Gasteiger partial charge < -0.3 is 15.3 Å². The van der Waals surface area contributed by atoms with Crippen LogP contribution in [0.5, 0.6) is 0 Å². The SMILES string of the molecule is C(=C(c1ccccc1)c1ccccc1)c1ccccc1.OCCN(CCO)CCO. The highest BCUT2D eigenvalue weighted by molar-refractivity contribution is 5.91. The molecule has 0 aliphatic rings. The quantitative estimate of drug-likeness (QED) is 0.477. The number of rotatable bonds is 9. The lowest BCUT2D eigenvalue weighted by molar-refractivity contribution is 0.136. The fourth-order valence-corrected chi connectivity index (χ4v) is 3.04. The molecule has 0 radical (unpaired) electrons. The maximum Gasteiger partial charge on any atom is 0.0558 e. The predicted molar refractivity (Wildman–Crippen MR) is 124 cm³/mol. The van der Waals surface area contributed by atoms with Crippen molar-refractivity contribution in [2.45, 2.75) is 0 Å². The molecule has 0 saturated carbocycles. The largest absolute Gasteiger partial charge is 0.395 e. The van der Waals surface area contributed by atoms with Crippen molar-refractivity contribution in [3.63, 3.8) is 0 Å². The van der Waals surface area contributed by atoms with Gasteiger partial charge in [0.25, 0.3) is 0 Å². The van der Waals surface area contributed by atoms with Gasteiger partial charge in [-0.2, -0.15) is 0 Å². The summed E-state index contributed by atoms with van der Waals surface area (Å²) in [6.45, 7) is 1.75. The van der Waals surface area contributed by atoms with Crippen LogP contribution in [0.15, 0.2) is 91.0 Å². The van der Waals surface area contributed by atoms with E-state index in [0.29, 0.717) is 19.6 Å². The molecule has 3 aromatic carbocycles. The van der Waals surface area contributed by atoms with Crippen molar-refractivity contribution in [3.8, 4) is 0 Å². The number of aliphatic hydroxyl groups excluding tert-OH is 3. The highest BCUT2D eigenvalue weighted by atomic mass is 16.3. The number of nitrogens with zero attached hydrogens (tertiary/aromatic N) is 1. The molecule has 0 fully saturated rings. The topological polar surface area (TPSA) is 63.9 Å². The zero-order valence-corrected chi connectivity index (χ0v) is 17.3. The molecule has 0 heterocycles. The van der Waals surface area contributed by atoms with Crippen LogP contribution in [-0.4, -0.2) is 59.7 Å². The number of benzene rings is 3. The monoisotopic (exact) mass is 405 g/mol. The third-order valence-corrected chi connectivity index (χ3v) is 4.53. The Labute approximate surface area is 179 Å². The van der Waals surface area contributed by atoms with Crippen molar-refractivity contribution in [1.82, 2.24) is 4.90 Å². The lowest BCUT2D eigenvalue weighted by Gasteiger charge is -2.17. The number of aliphatic hydroxyl groups is 3. The summed E-state index contributed by atoms with van der Waals surface area (Å²) < 4.78 is 0. The maximum absolute atomic E-state index is 8.48. The summed E-state index contributed by atoms with van der Waals surface area (Å²) >= 11 is 0. The fourth-order valence-electron chi connectivity index (χ4n) is 3.04. The summed E-state index contributed by atoms with van der Waals surface area (Å²) in [5, 5.41) is 25.5. The van der Waals surface area contributed by atoms with Gasteiger partial charge >= 0.3 is 0 Å². The first kappa shape index (κ1) is 23.5. The van der Waals surface area contributed by atoms with Crippen LogP contribution in [0.1, 0.15) is 16.7 Å². The van der Waals surface area contributed by atoms with Gasteiger partial charge in [0.1, 0.15) is 0 Å². The summed E-state index contributed by atoms with van der Waals surface area (Å²) in [6.07, 6.45) is 2.24. The predicted octanol–water partition coefficient (Wildman–Crippen LogP) is 3.54. The minimum atomic E-state index is 0.0694. The Balaban J connectivity index is 0.000000274. The minimum absolute atomic E-state index is 0.0694. The summed E-state index contributed by atoms with van der Waals surface area (Å²) in [4.78, 5) is 1.79. The van der Waals surface area contributed by atoms with Gasteiger partial charge in [0.15, 0.2) is 0 Å². The van der Waals surface area contributed by atoms with Crippen LogP contribution in [0, 0.1) is 0 Å². The molecule has 0 bridgehead atoms. The third-order valence-electron chi connectivity index (χ3n) is 4.53. The molecule has 3 N–H and O–H groups in total. The van der Waals surface area contributed by atoms with Gasteiger partial charge in [-0.15, -0.1) is 0 Å². The molecule has 0 aliphatic carbocycles. The Morgan fingerprint density at radius 2 is 0.933 bits per heavy atom. The van der Waals surface area contributed by atoms with Crippen LogP contribution in [-0.2, 0) is 0 Å². The minimum Gasteiger partial charge on any atom is -0.395 e. The average molecular weight is 406 g/mol. The molecular formula is C26H31NO3. The van der Waals surface area contributed by atoms with E-state index in [1.165, 1.54) is 22.3 Å². The van der Waals surface area contributed by atoms with Gasteiger partial charge in [-0.05, 0) is 28.3 Å². The zero-order chi connectivity index (χ0) is 21.4. The van der Waals surface area contributed by atoms with Crippen LogP contribution in [0.2, 0.25) is 0 Å². The van der Waals surface area contributed by atoms with Crippen molar-refractivity contribution < 1.29 is 15.3 Å². The number of hydrogen-bond acceptors (Lipinski definition) is 4. The lowest BCUT2D eigenvalue weighted by Crippen LogP contribution is -2.32. The van der Waals surface area contributed by atoms with Crippen molar-refractivity contribution in [1.29, 1.82) is 0 Å². The summed E-state index contributed by atoms with van der Waals surface area (Å²) in [5.74, 6) is 0. The van der Waals surface area contributed by atoms with Gasteiger partial charge in [0.05, 0.1) is 19.8 Å². The Hall–Kier alpha value is -2.76. The van der Waals surface area contributed by atoms with Crippen molar-refractivity contribution in [2.75, 3.05) is 39.5 Å². The third kappa shape index (κ3) is 8.31. The molecule has 0 spiro atoms. The summed E-state index contributed by atoms with van der Waals surface area (Å²) in [7, 11) is 0. The van der Waals surface area contributed by atoms with Crippen molar-refractivity contribution >= 4 is 11.6 Å². The average Bonchev–Trinajstić information content (AvgIpc) is 2.80. The molecule has 4 heteroatoms. The second kappa shape index (κ2) is 14.3.